The van der Waals surface area contributed by atoms with E-state index in [1.54, 1.807) is 23.7 Å². The van der Waals surface area contributed by atoms with Crippen LogP contribution in [0.1, 0.15) is 41.4 Å². The first-order valence-corrected chi connectivity index (χ1v) is 8.05. The van der Waals surface area contributed by atoms with Crippen LogP contribution in [0.2, 0.25) is 0 Å². The lowest BCUT2D eigenvalue weighted by molar-refractivity contribution is -0.120. The highest BCUT2D eigenvalue weighted by atomic mass is 32.1. The minimum absolute atomic E-state index is 0.375. The van der Waals surface area contributed by atoms with Gasteiger partial charge in [0, 0.05) is 17.1 Å². The zero-order chi connectivity index (χ0) is 14.7. The van der Waals surface area contributed by atoms with Gasteiger partial charge in [-0.25, -0.2) is 0 Å². The van der Waals surface area contributed by atoms with Gasteiger partial charge in [-0.1, -0.05) is 6.42 Å². The van der Waals surface area contributed by atoms with E-state index < -0.39 is 11.8 Å². The molecular weight excluding hydrogens is 286 g/mol. The van der Waals surface area contributed by atoms with E-state index in [9.17, 15) is 9.59 Å². The van der Waals surface area contributed by atoms with Gasteiger partial charge in [-0.3, -0.25) is 19.6 Å². The molecule has 21 heavy (non-hydrogen) atoms. The van der Waals surface area contributed by atoms with Gasteiger partial charge in [-0.15, -0.1) is 0 Å². The van der Waals surface area contributed by atoms with Crippen molar-refractivity contribution in [1.82, 2.24) is 15.1 Å². The molecule has 3 rings (SSSR count). The number of aromatic nitrogens is 2. The van der Waals surface area contributed by atoms with E-state index in [4.69, 9.17) is 0 Å². The van der Waals surface area contributed by atoms with Crippen molar-refractivity contribution in [1.29, 1.82) is 0 Å². The monoisotopic (exact) mass is 303 g/mol. The number of carbonyl (C=O) groups excluding carboxylic acids is 2. The molecule has 1 saturated heterocycles. The van der Waals surface area contributed by atoms with Gasteiger partial charge in [0.25, 0.3) is 0 Å². The Hall–Kier alpha value is -1.79. The quantitative estimate of drug-likeness (QED) is 0.680. The largest absolute Gasteiger partial charge is 0.288 e. The van der Waals surface area contributed by atoms with Crippen LogP contribution < -0.4 is 0 Å². The molecule has 2 aromatic heterocycles. The Morgan fingerprint density at radius 3 is 2.67 bits per heavy atom. The third-order valence-corrected chi connectivity index (χ3v) is 4.51. The summed E-state index contributed by atoms with van der Waals surface area (Å²) >= 11 is 1.42. The third kappa shape index (κ3) is 2.96. The molecule has 5 nitrogen and oxygen atoms in total. The molecule has 0 aliphatic carbocycles. The number of hydrogen-bond donors (Lipinski definition) is 1. The Kier molecular flexibility index (Phi) is 4.26. The summed E-state index contributed by atoms with van der Waals surface area (Å²) in [6.45, 7) is 1.68. The molecule has 110 valence electrons. The van der Waals surface area contributed by atoms with E-state index in [0.29, 0.717) is 11.3 Å². The number of thiophene rings is 1. The molecule has 1 aliphatic rings. The fourth-order valence-electron chi connectivity index (χ4n) is 2.76. The zero-order valence-electron chi connectivity index (χ0n) is 11.6. The zero-order valence-corrected chi connectivity index (χ0v) is 12.4. The molecule has 1 unspecified atom stereocenters. The van der Waals surface area contributed by atoms with Crippen molar-refractivity contribution in [3.63, 3.8) is 0 Å². The highest BCUT2D eigenvalue weighted by Gasteiger charge is 2.34. The van der Waals surface area contributed by atoms with Crippen LogP contribution in [-0.4, -0.2) is 39.8 Å². The van der Waals surface area contributed by atoms with Gasteiger partial charge in [0.2, 0.25) is 11.6 Å². The summed E-state index contributed by atoms with van der Waals surface area (Å²) in [4.78, 5) is 27.2. The number of rotatable bonds is 5. The summed E-state index contributed by atoms with van der Waals surface area (Å²) in [7, 11) is 0. The van der Waals surface area contributed by atoms with Gasteiger partial charge in [0.05, 0.1) is 5.69 Å². The fraction of sp³-hybridized carbons (Fsp3) is 0.400. The Morgan fingerprint density at radius 1 is 1.24 bits per heavy atom. The number of ketones is 2. The SMILES string of the molecule is O=C(C(=O)C(c1ccn[nH]1)N1CCCCC1)c1ccsc1. The molecule has 2 aromatic rings. The predicted octanol–water partition coefficient (Wildman–Crippen LogP) is 2.45. The minimum Gasteiger partial charge on any atom is -0.288 e. The second-order valence-electron chi connectivity index (χ2n) is 5.22. The van der Waals surface area contributed by atoms with E-state index in [0.717, 1.165) is 25.9 Å². The van der Waals surface area contributed by atoms with Gasteiger partial charge >= 0.3 is 0 Å². The van der Waals surface area contributed by atoms with E-state index in [1.165, 1.54) is 17.8 Å². The highest BCUT2D eigenvalue weighted by Crippen LogP contribution is 2.25. The Morgan fingerprint density at radius 2 is 2.05 bits per heavy atom. The molecule has 3 heterocycles. The predicted molar refractivity (Wildman–Crippen MR) is 80.4 cm³/mol. The van der Waals surface area contributed by atoms with Gasteiger partial charge in [0.1, 0.15) is 6.04 Å². The number of aromatic amines is 1. The number of nitrogens with zero attached hydrogens (tertiary/aromatic N) is 2. The first kappa shape index (κ1) is 14.2. The van der Waals surface area contributed by atoms with E-state index >= 15 is 0 Å². The average Bonchev–Trinajstić information content (AvgIpc) is 3.21. The first-order chi connectivity index (χ1) is 10.3. The van der Waals surface area contributed by atoms with Crippen LogP contribution in [0.5, 0.6) is 0 Å². The molecule has 1 N–H and O–H groups in total. The molecule has 1 aliphatic heterocycles. The van der Waals surface area contributed by atoms with E-state index in [1.807, 2.05) is 5.38 Å². The summed E-state index contributed by atoms with van der Waals surface area (Å²) < 4.78 is 0. The van der Waals surface area contributed by atoms with Gasteiger partial charge in [-0.2, -0.15) is 16.4 Å². The number of carbonyl (C=O) groups is 2. The maximum absolute atomic E-state index is 12.7. The molecule has 6 heteroatoms. The number of H-pyrrole nitrogens is 1. The first-order valence-electron chi connectivity index (χ1n) is 7.11. The van der Waals surface area contributed by atoms with E-state index in [2.05, 4.69) is 15.1 Å². The molecule has 0 aromatic carbocycles. The van der Waals surface area contributed by atoms with Crippen molar-refractivity contribution in [3.8, 4) is 0 Å². The van der Waals surface area contributed by atoms with Crippen LogP contribution in [0.25, 0.3) is 0 Å². The summed E-state index contributed by atoms with van der Waals surface area (Å²) in [5.41, 5.74) is 1.18. The molecule has 0 spiro atoms. The Balaban J connectivity index is 1.88. The molecule has 1 atom stereocenters. The molecule has 0 radical (unpaired) electrons. The lowest BCUT2D eigenvalue weighted by Crippen LogP contribution is -2.40. The maximum Gasteiger partial charge on any atom is 0.231 e. The summed E-state index contributed by atoms with van der Waals surface area (Å²) in [6.07, 6.45) is 4.92. The second-order valence-corrected chi connectivity index (χ2v) is 6.00. The summed E-state index contributed by atoms with van der Waals surface area (Å²) in [5, 5.41) is 10.3. The Labute approximate surface area is 127 Å². The van der Waals surface area contributed by atoms with Crippen molar-refractivity contribution in [3.05, 3.63) is 40.3 Å². The van der Waals surface area contributed by atoms with Gasteiger partial charge in [0.15, 0.2) is 0 Å². The number of hydrogen-bond acceptors (Lipinski definition) is 5. The number of piperidine rings is 1. The second kappa shape index (κ2) is 6.32. The number of likely N-dealkylation sites (tertiary alicyclic amines) is 1. The molecule has 0 amide bonds. The van der Waals surface area contributed by atoms with Crippen LogP contribution in [0.3, 0.4) is 0 Å². The summed E-state index contributed by atoms with van der Waals surface area (Å²) in [5.74, 6) is -0.791. The number of nitrogens with one attached hydrogen (secondary N) is 1. The van der Waals surface area contributed by atoms with Crippen LogP contribution >= 0.6 is 11.3 Å². The fourth-order valence-corrected chi connectivity index (χ4v) is 3.40. The minimum atomic E-state index is -0.541. The smallest absolute Gasteiger partial charge is 0.231 e. The normalized spacial score (nSPS) is 17.5. The third-order valence-electron chi connectivity index (χ3n) is 3.83. The maximum atomic E-state index is 12.7. The standard InChI is InChI=1S/C15H17N3O2S/c19-14(11-5-9-21-10-11)15(20)13(12-4-6-16-17-12)18-7-2-1-3-8-18/h4-6,9-10,13H,1-3,7-8H2,(H,16,17). The summed E-state index contributed by atoms with van der Waals surface area (Å²) in [6, 6.07) is 2.93. The van der Waals surface area contributed by atoms with Crippen LogP contribution in [0, 0.1) is 0 Å². The topological polar surface area (TPSA) is 66.1 Å². The lowest BCUT2D eigenvalue weighted by atomic mass is 9.98. The van der Waals surface area contributed by atoms with Gasteiger partial charge < -0.3 is 0 Å². The van der Waals surface area contributed by atoms with Crippen LogP contribution in [-0.2, 0) is 4.79 Å². The van der Waals surface area contributed by atoms with Crippen molar-refractivity contribution in [2.45, 2.75) is 25.3 Å². The number of Topliss-reactive ketones (excluding diaryl/α,β-unsaturated/α-hetero) is 2. The van der Waals surface area contributed by atoms with Crippen LogP contribution in [0.4, 0.5) is 0 Å². The molecule has 1 fully saturated rings. The Bertz CT molecular complexity index is 601. The van der Waals surface area contributed by atoms with Crippen LogP contribution in [0.15, 0.2) is 29.1 Å². The van der Waals surface area contributed by atoms with Crippen molar-refractivity contribution >= 4 is 22.9 Å². The lowest BCUT2D eigenvalue weighted by Gasteiger charge is -2.32. The van der Waals surface area contributed by atoms with Gasteiger partial charge in [-0.05, 0) is 43.4 Å². The molecule has 0 saturated carbocycles. The van der Waals surface area contributed by atoms with E-state index in [-0.39, 0.29) is 5.78 Å². The highest BCUT2D eigenvalue weighted by molar-refractivity contribution is 7.08. The average molecular weight is 303 g/mol. The van der Waals surface area contributed by atoms with Crippen molar-refractivity contribution < 1.29 is 9.59 Å². The van der Waals surface area contributed by atoms with Crippen molar-refractivity contribution in [2.24, 2.45) is 0 Å². The van der Waals surface area contributed by atoms with Crippen molar-refractivity contribution in [2.75, 3.05) is 13.1 Å². The molecular formula is C15H17N3O2S. The molecule has 0 bridgehead atoms.